The zero-order valence-corrected chi connectivity index (χ0v) is 18.6. The molecule has 1 heterocycles. The van der Waals surface area contributed by atoms with Crippen LogP contribution in [0.4, 0.5) is 4.39 Å². The van der Waals surface area contributed by atoms with Crippen molar-refractivity contribution < 1.29 is 9.18 Å². The number of halogens is 1. The maximum Gasteiger partial charge on any atom is 0.221 e. The number of carbonyl (C=O) groups excluding carboxylic acids is 1. The first-order valence-electron chi connectivity index (χ1n) is 11.2. The number of hydrogen-bond acceptors (Lipinski definition) is 1. The highest BCUT2D eigenvalue weighted by Gasteiger charge is 2.23. The molecule has 0 radical (unpaired) electrons. The topological polar surface area (TPSA) is 34.0 Å². The summed E-state index contributed by atoms with van der Waals surface area (Å²) in [5, 5.41) is 4.21. The van der Waals surface area contributed by atoms with Gasteiger partial charge in [-0.15, -0.1) is 0 Å². The molecule has 0 aliphatic carbocycles. The Bertz CT molecular complexity index is 1180. The van der Waals surface area contributed by atoms with E-state index in [1.165, 1.54) is 17.7 Å². The average molecular weight is 429 g/mol. The maximum absolute atomic E-state index is 13.6. The van der Waals surface area contributed by atoms with Crippen molar-refractivity contribution in [1.82, 2.24) is 9.88 Å². The normalized spacial score (nSPS) is 13.1. The number of aromatic nitrogens is 1. The van der Waals surface area contributed by atoms with Crippen LogP contribution in [0.1, 0.15) is 49.3 Å². The quantitative estimate of drug-likeness (QED) is 0.353. The van der Waals surface area contributed by atoms with Gasteiger partial charge < -0.3 is 9.88 Å². The molecular weight excluding hydrogens is 399 g/mol. The minimum Gasteiger partial charge on any atom is -0.354 e. The van der Waals surface area contributed by atoms with E-state index in [1.807, 2.05) is 37.3 Å². The van der Waals surface area contributed by atoms with Crippen LogP contribution >= 0.6 is 0 Å². The van der Waals surface area contributed by atoms with E-state index in [2.05, 4.69) is 47.3 Å². The molecule has 2 unspecified atom stereocenters. The molecule has 0 saturated carbocycles. The molecule has 4 heteroatoms. The standard InChI is InChI=1S/C28H29FN2O/c1-3-20(2)30-28(32)17-25(22-13-15-23(29)16-14-22)26-19-31(18-21-9-5-4-6-10-21)27-12-8-7-11-24(26)27/h4-16,19-20,25H,3,17-18H2,1-2H3,(H,30,32). The van der Waals surface area contributed by atoms with Gasteiger partial charge in [0, 0.05) is 42.0 Å². The Kier molecular flexibility index (Phi) is 6.69. The lowest BCUT2D eigenvalue weighted by Gasteiger charge is -2.19. The number of fused-ring (bicyclic) bond motifs is 1. The number of hydrogen-bond donors (Lipinski definition) is 1. The fourth-order valence-electron chi connectivity index (χ4n) is 4.19. The van der Waals surface area contributed by atoms with E-state index in [9.17, 15) is 9.18 Å². The summed E-state index contributed by atoms with van der Waals surface area (Å²) in [6.07, 6.45) is 3.35. The number of amides is 1. The summed E-state index contributed by atoms with van der Waals surface area (Å²) in [5.74, 6) is -0.432. The molecule has 1 amide bonds. The fraction of sp³-hybridized carbons (Fsp3) is 0.250. The van der Waals surface area contributed by atoms with Gasteiger partial charge in [0.2, 0.25) is 5.91 Å². The molecule has 0 fully saturated rings. The van der Waals surface area contributed by atoms with Gasteiger partial charge in [0.15, 0.2) is 0 Å². The molecule has 1 N–H and O–H groups in total. The Morgan fingerprint density at radius 3 is 2.38 bits per heavy atom. The van der Waals surface area contributed by atoms with Crippen LogP contribution in [0.25, 0.3) is 10.9 Å². The van der Waals surface area contributed by atoms with E-state index in [1.54, 1.807) is 12.1 Å². The van der Waals surface area contributed by atoms with E-state index in [0.29, 0.717) is 6.42 Å². The molecule has 2 atom stereocenters. The molecule has 0 aliphatic heterocycles. The number of nitrogens with one attached hydrogen (secondary N) is 1. The molecule has 0 aliphatic rings. The molecule has 0 spiro atoms. The summed E-state index contributed by atoms with van der Waals surface area (Å²) < 4.78 is 15.9. The first kappa shape index (κ1) is 21.8. The molecule has 0 saturated heterocycles. The van der Waals surface area contributed by atoms with E-state index >= 15 is 0 Å². The third-order valence-corrected chi connectivity index (χ3v) is 6.07. The van der Waals surface area contributed by atoms with Crippen molar-refractivity contribution >= 4 is 16.8 Å². The van der Waals surface area contributed by atoms with Crippen molar-refractivity contribution in [1.29, 1.82) is 0 Å². The maximum atomic E-state index is 13.6. The largest absolute Gasteiger partial charge is 0.354 e. The van der Waals surface area contributed by atoms with Crippen LogP contribution in [0.15, 0.2) is 85.1 Å². The average Bonchev–Trinajstić information content (AvgIpc) is 3.17. The van der Waals surface area contributed by atoms with Gasteiger partial charge in [0.1, 0.15) is 5.82 Å². The van der Waals surface area contributed by atoms with Gasteiger partial charge in [-0.3, -0.25) is 4.79 Å². The van der Waals surface area contributed by atoms with Crippen LogP contribution in [-0.4, -0.2) is 16.5 Å². The van der Waals surface area contributed by atoms with Crippen molar-refractivity contribution in [3.05, 3.63) is 108 Å². The lowest BCUT2D eigenvalue weighted by molar-refractivity contribution is -0.121. The summed E-state index contributed by atoms with van der Waals surface area (Å²) in [4.78, 5) is 12.9. The number of benzene rings is 3. The van der Waals surface area contributed by atoms with Crippen LogP contribution in [0.5, 0.6) is 0 Å². The molecular formula is C28H29FN2O. The Morgan fingerprint density at radius 2 is 1.66 bits per heavy atom. The highest BCUT2D eigenvalue weighted by molar-refractivity contribution is 5.86. The second-order valence-corrected chi connectivity index (χ2v) is 8.40. The highest BCUT2D eigenvalue weighted by Crippen LogP contribution is 2.35. The summed E-state index contributed by atoms with van der Waals surface area (Å²) >= 11 is 0. The fourth-order valence-corrected chi connectivity index (χ4v) is 4.19. The SMILES string of the molecule is CCC(C)NC(=O)CC(c1ccc(F)cc1)c1cn(Cc2ccccc2)c2ccccc12. The van der Waals surface area contributed by atoms with E-state index < -0.39 is 0 Å². The van der Waals surface area contributed by atoms with Crippen molar-refractivity contribution in [3.8, 4) is 0 Å². The highest BCUT2D eigenvalue weighted by atomic mass is 19.1. The smallest absolute Gasteiger partial charge is 0.221 e. The van der Waals surface area contributed by atoms with Gasteiger partial charge >= 0.3 is 0 Å². The zero-order chi connectivity index (χ0) is 22.5. The van der Waals surface area contributed by atoms with Gasteiger partial charge in [-0.25, -0.2) is 4.39 Å². The van der Waals surface area contributed by atoms with Crippen LogP contribution in [0, 0.1) is 5.82 Å². The van der Waals surface area contributed by atoms with Crippen molar-refractivity contribution in [2.24, 2.45) is 0 Å². The van der Waals surface area contributed by atoms with Gasteiger partial charge in [-0.2, -0.15) is 0 Å². The Balaban J connectivity index is 1.77. The lowest BCUT2D eigenvalue weighted by Crippen LogP contribution is -2.33. The van der Waals surface area contributed by atoms with Crippen LogP contribution in [0.3, 0.4) is 0 Å². The lowest BCUT2D eigenvalue weighted by atomic mass is 9.88. The van der Waals surface area contributed by atoms with Gasteiger partial charge in [-0.05, 0) is 48.2 Å². The predicted octanol–water partition coefficient (Wildman–Crippen LogP) is 6.27. The molecule has 32 heavy (non-hydrogen) atoms. The summed E-state index contributed by atoms with van der Waals surface area (Å²) in [5.41, 5.74) is 4.37. The van der Waals surface area contributed by atoms with Crippen LogP contribution < -0.4 is 5.32 Å². The van der Waals surface area contributed by atoms with Crippen LogP contribution in [0.2, 0.25) is 0 Å². The first-order chi connectivity index (χ1) is 15.5. The second-order valence-electron chi connectivity index (χ2n) is 8.40. The molecule has 164 valence electrons. The van der Waals surface area contributed by atoms with Crippen LogP contribution in [-0.2, 0) is 11.3 Å². The van der Waals surface area contributed by atoms with Crippen molar-refractivity contribution in [2.75, 3.05) is 0 Å². The molecule has 3 aromatic carbocycles. The van der Waals surface area contributed by atoms with Gasteiger partial charge in [-0.1, -0.05) is 67.6 Å². The Labute approximate surface area is 188 Å². The number of para-hydroxylation sites is 1. The van der Waals surface area contributed by atoms with E-state index in [-0.39, 0.29) is 23.7 Å². The van der Waals surface area contributed by atoms with Crippen molar-refractivity contribution in [2.45, 2.75) is 45.2 Å². The second kappa shape index (κ2) is 9.82. The summed E-state index contributed by atoms with van der Waals surface area (Å²) in [6, 6.07) is 25.3. The Hall–Kier alpha value is -3.40. The monoisotopic (exact) mass is 428 g/mol. The third-order valence-electron chi connectivity index (χ3n) is 6.07. The van der Waals surface area contributed by atoms with Gasteiger partial charge in [0.25, 0.3) is 0 Å². The molecule has 4 rings (SSSR count). The molecule has 4 aromatic rings. The summed E-state index contributed by atoms with van der Waals surface area (Å²) in [7, 11) is 0. The first-order valence-corrected chi connectivity index (χ1v) is 11.2. The molecule has 1 aromatic heterocycles. The van der Waals surface area contributed by atoms with Crippen molar-refractivity contribution in [3.63, 3.8) is 0 Å². The van der Waals surface area contributed by atoms with Gasteiger partial charge in [0.05, 0.1) is 0 Å². The minimum absolute atomic E-state index is 0.00793. The number of carbonyl (C=O) groups is 1. The number of rotatable bonds is 8. The molecule has 0 bridgehead atoms. The number of nitrogens with zero attached hydrogens (tertiary/aromatic N) is 1. The third kappa shape index (κ3) is 4.91. The molecule has 3 nitrogen and oxygen atoms in total. The predicted molar refractivity (Wildman–Crippen MR) is 128 cm³/mol. The Morgan fingerprint density at radius 1 is 0.969 bits per heavy atom. The van der Waals surface area contributed by atoms with E-state index in [0.717, 1.165) is 35.0 Å². The zero-order valence-electron chi connectivity index (χ0n) is 18.6. The summed E-state index contributed by atoms with van der Waals surface area (Å²) in [6.45, 7) is 4.81. The minimum atomic E-state index is -0.275. The van der Waals surface area contributed by atoms with E-state index in [4.69, 9.17) is 0 Å².